The van der Waals surface area contributed by atoms with Crippen LogP contribution in [-0.4, -0.2) is 109 Å². The summed E-state index contributed by atoms with van der Waals surface area (Å²) < 4.78 is 42.0. The van der Waals surface area contributed by atoms with Gasteiger partial charge in [-0.15, -0.1) is 0 Å². The van der Waals surface area contributed by atoms with Gasteiger partial charge in [0.25, 0.3) is 0 Å². The Morgan fingerprint density at radius 2 is 0.637 bits per heavy atom. The summed E-state index contributed by atoms with van der Waals surface area (Å²) in [5, 5.41) is 0.477. The molecule has 15 rings (SSSR count). The van der Waals surface area contributed by atoms with Crippen LogP contribution >= 0.6 is 11.6 Å². The Labute approximate surface area is 721 Å². The molecule has 0 saturated carbocycles. The molecule has 0 radical (unpaired) electrons. The number of ketones is 5. The third kappa shape index (κ3) is 29.0. The van der Waals surface area contributed by atoms with Gasteiger partial charge in [-0.05, 0) is 179 Å². The van der Waals surface area contributed by atoms with Crippen LogP contribution in [0.25, 0.3) is 0 Å². The van der Waals surface area contributed by atoms with E-state index in [1.165, 1.54) is 24.5 Å². The Balaban J connectivity index is 0.000000151. The van der Waals surface area contributed by atoms with Crippen LogP contribution in [0.1, 0.15) is 149 Å². The third-order valence-corrected chi connectivity index (χ3v) is 17.6. The van der Waals surface area contributed by atoms with E-state index in [-0.39, 0.29) is 66.7 Å². The molecule has 0 aliphatic carbocycles. The van der Waals surface area contributed by atoms with Crippen LogP contribution in [0.5, 0.6) is 57.5 Å². The second-order valence-electron chi connectivity index (χ2n) is 28.6. The number of carbonyl (C=O) groups excluding carboxylic acids is 5. The summed E-state index contributed by atoms with van der Waals surface area (Å²) >= 11 is 5.91. The molecule has 624 valence electrons. The van der Waals surface area contributed by atoms with Crippen LogP contribution in [0.2, 0.25) is 5.02 Å². The Kier molecular flexibility index (Phi) is 31.5. The fraction of sp³-hybridized carbons (Fsp3) is 0.177. The van der Waals surface area contributed by atoms with E-state index in [9.17, 15) is 28.4 Å². The van der Waals surface area contributed by atoms with E-state index in [1.54, 1.807) is 148 Å². The molecule has 15 aromatic heterocycles. The smallest absolute Gasteiger partial charge is 0.187 e. The van der Waals surface area contributed by atoms with Gasteiger partial charge in [-0.1, -0.05) is 35.9 Å². The largest absolute Gasteiger partial charge is 0.456 e. The minimum absolute atomic E-state index is 0.0272. The molecular formula is C96H86ClFN16O10. The lowest BCUT2D eigenvalue weighted by Crippen LogP contribution is -2.08. The molecule has 0 aliphatic rings. The molecule has 15 aromatic rings. The number of aryl methyl sites for hydroxylation is 12. The average Bonchev–Trinajstić information content (AvgIpc) is 0.854. The molecule has 0 N–H and O–H groups in total. The number of aromatic nitrogens is 16. The van der Waals surface area contributed by atoms with Crippen LogP contribution in [0.4, 0.5) is 4.39 Å². The minimum atomic E-state index is -0.425. The standard InChI is InChI=1S/2C20H19N3O2.C19H16ClN3O2.C19H18N4O2.C18H14FN3O2/c1-13-4-6-16(22-11-13)9-20(24)19-10-18(8-15(3)23-19)25-17-7-5-14(2)21-12-17;1-13-7-8-17(12-21-13)25-18-9-15(3)23-19(11-18)20(24)10-16-6-4-5-14(2)22-16;1-12-3-4-15(22-9-12)7-19(24)18-8-16(5-13(2)23-18)25-17-6-14(20)10-21-11-17;1-12-5-4-6-15(22-12)8-19(24)18-9-16(7-13(2)23-18)25-17-10-20-14(3)21-11-17;1-12-7-16(24-15-3-2-5-20-11-15)10-17(22-12)18(23)9-14-8-13(19)4-6-21-14/h4-8,10-12H,9H2,1-3H3;4-9,11-12H,10H2,1-3H3;3-6,8-11H,7H2,1-2H3;4-7,9-11H,8H2,1-3H3;2-8,10-11H,9H2,1H3. The van der Waals surface area contributed by atoms with Gasteiger partial charge >= 0.3 is 0 Å². The maximum Gasteiger partial charge on any atom is 0.187 e. The first kappa shape index (κ1) is 89.5. The quantitative estimate of drug-likeness (QED) is 0.0480. The highest BCUT2D eigenvalue weighted by molar-refractivity contribution is 6.30. The number of hydrogen-bond donors (Lipinski definition) is 0. The minimum Gasteiger partial charge on any atom is -0.456 e. The molecule has 124 heavy (non-hydrogen) atoms. The fourth-order valence-electron chi connectivity index (χ4n) is 11.6. The monoisotopic (exact) mass is 1680 g/mol. The molecule has 0 unspecified atom stereocenters. The van der Waals surface area contributed by atoms with Crippen molar-refractivity contribution in [2.24, 2.45) is 0 Å². The van der Waals surface area contributed by atoms with Gasteiger partial charge < -0.3 is 23.7 Å². The first-order valence-corrected chi connectivity index (χ1v) is 39.4. The van der Waals surface area contributed by atoms with Crippen molar-refractivity contribution in [3.05, 3.63) is 380 Å². The molecule has 0 amide bonds. The Bertz CT molecular complexity index is 6090. The van der Waals surface area contributed by atoms with Crippen molar-refractivity contribution < 1.29 is 52.0 Å². The first-order chi connectivity index (χ1) is 59.6. The SMILES string of the molecule is Cc1cc(Oc2cccnc2)cc(C(=O)Cc2cc(F)ccn2)n1.Cc1ccc(CC(=O)c2cc(Oc3ccc(C)nc3)cc(C)n2)nc1.Cc1ccc(CC(=O)c2cc(Oc3cncc(Cl)c3)cc(C)n2)nc1.Cc1ccc(Oc2cc(C)nc(C(=O)Cc3cccc(C)n3)c2)cn1.Cc1cccc(CC(=O)c2cc(Oc3cnc(C)nc3)cc(C)n2)n1. The van der Waals surface area contributed by atoms with E-state index < -0.39 is 5.82 Å². The second-order valence-corrected chi connectivity index (χ2v) is 29.0. The van der Waals surface area contributed by atoms with E-state index in [0.717, 1.165) is 62.4 Å². The van der Waals surface area contributed by atoms with Crippen molar-refractivity contribution >= 4 is 40.5 Å². The summed E-state index contributed by atoms with van der Waals surface area (Å²) in [4.78, 5) is 130. The molecule has 0 aliphatic heterocycles. The first-order valence-electron chi connectivity index (χ1n) is 39.0. The van der Waals surface area contributed by atoms with E-state index in [1.807, 2.05) is 154 Å². The van der Waals surface area contributed by atoms with Gasteiger partial charge in [0.2, 0.25) is 0 Å². The number of hydrogen-bond acceptors (Lipinski definition) is 26. The lowest BCUT2D eigenvalue weighted by molar-refractivity contribution is 0.0978. The molecular weight excluding hydrogens is 1590 g/mol. The molecule has 0 fully saturated rings. The van der Waals surface area contributed by atoms with Gasteiger partial charge in [-0.2, -0.15) is 0 Å². The van der Waals surface area contributed by atoms with Gasteiger partial charge in [-0.3, -0.25) is 68.8 Å². The van der Waals surface area contributed by atoms with Crippen LogP contribution in [0.15, 0.2) is 244 Å². The summed E-state index contributed by atoms with van der Waals surface area (Å²) in [6, 6.07) is 50.9. The second kappa shape index (κ2) is 43.6. The third-order valence-electron chi connectivity index (χ3n) is 17.4. The Morgan fingerprint density at radius 3 is 0.992 bits per heavy atom. The predicted molar refractivity (Wildman–Crippen MR) is 464 cm³/mol. The number of ether oxygens (including phenoxy) is 5. The number of pyridine rings is 14. The lowest BCUT2D eigenvalue weighted by atomic mass is 10.1. The number of halogens is 2. The van der Waals surface area contributed by atoms with Gasteiger partial charge in [0.15, 0.2) is 34.7 Å². The maximum atomic E-state index is 13.2. The van der Waals surface area contributed by atoms with Gasteiger partial charge in [-0.25, -0.2) is 39.3 Å². The molecule has 15 heterocycles. The highest BCUT2D eigenvalue weighted by Gasteiger charge is 2.20. The van der Waals surface area contributed by atoms with Crippen molar-refractivity contribution in [3.63, 3.8) is 0 Å². The lowest BCUT2D eigenvalue weighted by Gasteiger charge is -2.08. The fourth-order valence-corrected chi connectivity index (χ4v) is 11.8. The van der Waals surface area contributed by atoms with E-state index in [0.29, 0.717) is 120 Å². The van der Waals surface area contributed by atoms with E-state index in [2.05, 4.69) is 79.7 Å². The highest BCUT2D eigenvalue weighted by atomic mass is 35.5. The summed E-state index contributed by atoms with van der Waals surface area (Å²) in [7, 11) is 0. The Hall–Kier alpha value is -15.3. The molecule has 28 heteroatoms. The number of rotatable bonds is 25. The maximum absolute atomic E-state index is 13.2. The zero-order valence-electron chi connectivity index (χ0n) is 70.1. The molecule has 0 bridgehead atoms. The zero-order valence-corrected chi connectivity index (χ0v) is 70.9. The van der Waals surface area contributed by atoms with E-state index >= 15 is 0 Å². The summed E-state index contributed by atoms with van der Waals surface area (Å²) in [5.41, 5.74) is 14.1. The zero-order chi connectivity index (χ0) is 88.2. The highest BCUT2D eigenvalue weighted by Crippen LogP contribution is 2.30. The topological polar surface area (TPSA) is 338 Å². The number of Topliss-reactive ketones (excluding diaryl/α,β-unsaturated/α-hetero) is 5. The van der Waals surface area contributed by atoms with Gasteiger partial charge in [0.05, 0.1) is 80.0 Å². The van der Waals surface area contributed by atoms with Crippen molar-refractivity contribution in [2.45, 2.75) is 115 Å². The molecule has 26 nitrogen and oxygen atoms in total. The van der Waals surface area contributed by atoms with Gasteiger partial charge in [0, 0.05) is 172 Å². The van der Waals surface area contributed by atoms with Crippen molar-refractivity contribution in [1.82, 2.24) is 79.7 Å². The summed E-state index contributed by atoms with van der Waals surface area (Å²) in [6.45, 7) is 22.4. The van der Waals surface area contributed by atoms with Crippen molar-refractivity contribution in [3.8, 4) is 57.5 Å². The number of carbonyl (C=O) groups is 5. The summed E-state index contributed by atoms with van der Waals surface area (Å²) in [5.74, 6) is 5.06. The molecule has 0 saturated heterocycles. The Morgan fingerprint density at radius 1 is 0.266 bits per heavy atom. The summed E-state index contributed by atoms with van der Waals surface area (Å²) in [6.07, 6.45) is 18.4. The molecule has 0 atom stereocenters. The van der Waals surface area contributed by atoms with Crippen molar-refractivity contribution in [1.29, 1.82) is 0 Å². The van der Waals surface area contributed by atoms with Crippen LogP contribution in [-0.2, 0) is 32.1 Å². The predicted octanol–water partition coefficient (Wildman–Crippen LogP) is 19.3. The van der Waals surface area contributed by atoms with E-state index in [4.69, 9.17) is 35.3 Å². The average molecular weight is 1680 g/mol. The van der Waals surface area contributed by atoms with Crippen LogP contribution < -0.4 is 23.7 Å². The van der Waals surface area contributed by atoms with Crippen molar-refractivity contribution in [2.75, 3.05) is 0 Å². The van der Waals surface area contributed by atoms with Gasteiger partial charge in [0.1, 0.15) is 91.9 Å². The molecule has 0 spiro atoms. The number of nitrogens with zero attached hydrogens (tertiary/aromatic N) is 16. The van der Waals surface area contributed by atoms with Crippen LogP contribution in [0.3, 0.4) is 0 Å². The normalized spacial score (nSPS) is 10.5. The van der Waals surface area contributed by atoms with Crippen LogP contribution in [0, 0.1) is 88.9 Å². The molecule has 0 aromatic carbocycles.